The van der Waals surface area contributed by atoms with Gasteiger partial charge in [0.1, 0.15) is 11.5 Å². The van der Waals surface area contributed by atoms with Crippen LogP contribution in [-0.4, -0.2) is 10.2 Å². The Labute approximate surface area is 346 Å². The molecule has 0 aromatic heterocycles. The van der Waals surface area contributed by atoms with Crippen molar-refractivity contribution in [1.82, 2.24) is 0 Å². The van der Waals surface area contributed by atoms with E-state index in [0.29, 0.717) is 0 Å². The molecule has 1 unspecified atom stereocenters. The summed E-state index contributed by atoms with van der Waals surface area (Å²) in [6, 6.07) is 64.4. The molecule has 4 aliphatic rings. The third-order valence-corrected chi connectivity index (χ3v) is 14.7. The molecule has 284 valence electrons. The van der Waals surface area contributed by atoms with Gasteiger partial charge < -0.3 is 10.2 Å². The Morgan fingerprint density at radius 2 is 0.746 bits per heavy atom. The van der Waals surface area contributed by atoms with E-state index in [-0.39, 0.29) is 17.4 Å². The van der Waals surface area contributed by atoms with E-state index < -0.39 is 10.8 Å². The average molecular weight is 761 g/mol. The summed E-state index contributed by atoms with van der Waals surface area (Å²) in [7, 11) is 0. The molecule has 59 heavy (non-hydrogen) atoms. The molecular weight excluding hydrogens is 717 g/mol. The van der Waals surface area contributed by atoms with Crippen LogP contribution in [0, 0.1) is 0 Å². The van der Waals surface area contributed by atoms with Crippen LogP contribution in [0.1, 0.15) is 86.4 Å². The lowest BCUT2D eigenvalue weighted by Gasteiger charge is -2.54. The smallest absolute Gasteiger partial charge is 0.115 e. The van der Waals surface area contributed by atoms with Crippen molar-refractivity contribution in [3.63, 3.8) is 0 Å². The van der Waals surface area contributed by atoms with Crippen molar-refractivity contribution in [3.8, 4) is 44.9 Å². The van der Waals surface area contributed by atoms with E-state index >= 15 is 0 Å². The van der Waals surface area contributed by atoms with Crippen LogP contribution in [0.5, 0.6) is 11.5 Å². The molecule has 8 aromatic rings. The highest BCUT2D eigenvalue weighted by Gasteiger charge is 2.54. The summed E-state index contributed by atoms with van der Waals surface area (Å²) in [5.74, 6) is 0.711. The maximum absolute atomic E-state index is 10.8. The molecule has 0 bridgehead atoms. The standard InChI is InChI=1S/C57H44O2/c58-42-26-22-40(23-27-42)56(41-24-28-43(59)29-25-41)33-39(47-16-7-17-48-44-13-4-1-10-36(44)30-51(47)48)34-57(35-56,54-20-8-18-49-45-14-5-2-11-37(45)31-52(49)54)55-21-9-19-50-46-15-6-3-12-38(46)32-53(50)55/h1-29,39,58-59H,30-35H2. The Balaban J connectivity index is 1.18. The van der Waals surface area contributed by atoms with Gasteiger partial charge in [-0.15, -0.1) is 0 Å². The van der Waals surface area contributed by atoms with Gasteiger partial charge >= 0.3 is 0 Å². The summed E-state index contributed by atoms with van der Waals surface area (Å²) in [5, 5.41) is 21.6. The maximum Gasteiger partial charge on any atom is 0.115 e. The first-order valence-electron chi connectivity index (χ1n) is 21.2. The first-order chi connectivity index (χ1) is 29.0. The molecule has 2 heteroatoms. The van der Waals surface area contributed by atoms with E-state index in [9.17, 15) is 10.2 Å². The van der Waals surface area contributed by atoms with Gasteiger partial charge in [0.15, 0.2) is 0 Å². The molecule has 12 rings (SSSR count). The Morgan fingerprint density at radius 1 is 0.356 bits per heavy atom. The second-order valence-electron chi connectivity index (χ2n) is 17.6. The third-order valence-electron chi connectivity index (χ3n) is 14.7. The number of hydrogen-bond acceptors (Lipinski definition) is 2. The predicted molar refractivity (Wildman–Crippen MR) is 238 cm³/mol. The van der Waals surface area contributed by atoms with Crippen LogP contribution in [0.15, 0.2) is 176 Å². The van der Waals surface area contributed by atoms with E-state index in [0.717, 1.165) is 38.5 Å². The summed E-state index contributed by atoms with van der Waals surface area (Å²) in [4.78, 5) is 0. The summed E-state index contributed by atoms with van der Waals surface area (Å²) < 4.78 is 0. The highest BCUT2D eigenvalue weighted by Crippen LogP contribution is 2.63. The molecule has 0 aliphatic heterocycles. The zero-order valence-corrected chi connectivity index (χ0v) is 33.0. The van der Waals surface area contributed by atoms with Crippen molar-refractivity contribution in [3.05, 3.63) is 237 Å². The highest BCUT2D eigenvalue weighted by atomic mass is 16.3. The van der Waals surface area contributed by atoms with Crippen molar-refractivity contribution in [2.45, 2.75) is 55.3 Å². The minimum absolute atomic E-state index is 0.176. The van der Waals surface area contributed by atoms with E-state index in [4.69, 9.17) is 0 Å². The van der Waals surface area contributed by atoms with Gasteiger partial charge in [0.05, 0.1) is 0 Å². The molecule has 1 saturated carbocycles. The Bertz CT molecular complexity index is 2830. The fourth-order valence-corrected chi connectivity index (χ4v) is 12.3. The number of benzene rings is 8. The first kappa shape index (κ1) is 34.4. The van der Waals surface area contributed by atoms with Gasteiger partial charge in [0, 0.05) is 10.8 Å². The zero-order chi connectivity index (χ0) is 39.3. The third kappa shape index (κ3) is 5.12. The fourth-order valence-electron chi connectivity index (χ4n) is 12.3. The van der Waals surface area contributed by atoms with Gasteiger partial charge in [-0.25, -0.2) is 0 Å². The quantitative estimate of drug-likeness (QED) is 0.183. The van der Waals surface area contributed by atoms with E-state index in [1.807, 2.05) is 24.3 Å². The van der Waals surface area contributed by atoms with E-state index in [1.54, 1.807) is 0 Å². The molecule has 2 nitrogen and oxygen atoms in total. The molecule has 0 heterocycles. The zero-order valence-electron chi connectivity index (χ0n) is 33.0. The van der Waals surface area contributed by atoms with Crippen molar-refractivity contribution < 1.29 is 10.2 Å². The molecule has 2 N–H and O–H groups in total. The van der Waals surface area contributed by atoms with Crippen molar-refractivity contribution in [1.29, 1.82) is 0 Å². The molecular formula is C57H44O2. The molecule has 0 spiro atoms. The Kier molecular flexibility index (Phi) is 7.54. The lowest BCUT2D eigenvalue weighted by atomic mass is 9.49. The molecule has 0 amide bonds. The fraction of sp³-hybridized carbons (Fsp3) is 0.158. The number of phenolic OH excluding ortho intramolecular Hbond substituents is 2. The lowest BCUT2D eigenvalue weighted by Crippen LogP contribution is -2.47. The summed E-state index contributed by atoms with van der Waals surface area (Å²) in [5.41, 5.74) is 22.4. The van der Waals surface area contributed by atoms with Crippen LogP contribution in [0.25, 0.3) is 33.4 Å². The normalized spacial score (nSPS) is 17.3. The molecule has 4 aliphatic carbocycles. The molecule has 0 saturated heterocycles. The van der Waals surface area contributed by atoms with Crippen molar-refractivity contribution >= 4 is 0 Å². The number of fused-ring (bicyclic) bond motifs is 9. The first-order valence-corrected chi connectivity index (χ1v) is 21.2. The molecule has 1 fully saturated rings. The Hall–Kier alpha value is -6.64. The maximum atomic E-state index is 10.8. The SMILES string of the molecule is Oc1ccc(C2(c3ccc(O)cc3)CC(c3cccc4c3Cc3ccccc3-4)CC(c3cccc4c3Cc3ccccc3-4)(c3cccc4c3Cc3ccccc3-4)C2)cc1. The van der Waals surface area contributed by atoms with E-state index in [1.165, 1.54) is 94.6 Å². The summed E-state index contributed by atoms with van der Waals surface area (Å²) in [6.07, 6.45) is 5.43. The van der Waals surface area contributed by atoms with Crippen LogP contribution in [0.3, 0.4) is 0 Å². The number of hydrogen-bond donors (Lipinski definition) is 2. The molecule has 0 radical (unpaired) electrons. The highest BCUT2D eigenvalue weighted by molar-refractivity contribution is 5.82. The van der Waals surface area contributed by atoms with Crippen molar-refractivity contribution in [2.24, 2.45) is 0 Å². The number of phenols is 2. The minimum atomic E-state index is -0.485. The molecule has 1 atom stereocenters. The second-order valence-corrected chi connectivity index (χ2v) is 17.6. The van der Waals surface area contributed by atoms with E-state index in [2.05, 4.69) is 152 Å². The monoisotopic (exact) mass is 760 g/mol. The largest absolute Gasteiger partial charge is 0.508 e. The topological polar surface area (TPSA) is 40.5 Å². The average Bonchev–Trinajstić information content (AvgIpc) is 3.98. The van der Waals surface area contributed by atoms with Crippen LogP contribution >= 0.6 is 0 Å². The van der Waals surface area contributed by atoms with Gasteiger partial charge in [-0.05, 0) is 163 Å². The van der Waals surface area contributed by atoms with Crippen LogP contribution < -0.4 is 0 Å². The van der Waals surface area contributed by atoms with Crippen LogP contribution in [0.4, 0.5) is 0 Å². The van der Waals surface area contributed by atoms with Gasteiger partial charge in [-0.3, -0.25) is 0 Å². The van der Waals surface area contributed by atoms with Gasteiger partial charge in [0.25, 0.3) is 0 Å². The van der Waals surface area contributed by atoms with Crippen LogP contribution in [-0.2, 0) is 30.1 Å². The number of rotatable bonds is 5. The summed E-state index contributed by atoms with van der Waals surface area (Å²) >= 11 is 0. The van der Waals surface area contributed by atoms with Gasteiger partial charge in [-0.1, -0.05) is 152 Å². The van der Waals surface area contributed by atoms with Gasteiger partial charge in [0.2, 0.25) is 0 Å². The second kappa shape index (κ2) is 12.9. The van der Waals surface area contributed by atoms with Crippen molar-refractivity contribution in [2.75, 3.05) is 0 Å². The molecule has 8 aromatic carbocycles. The number of aromatic hydroxyl groups is 2. The van der Waals surface area contributed by atoms with Gasteiger partial charge in [-0.2, -0.15) is 0 Å². The van der Waals surface area contributed by atoms with Crippen LogP contribution in [0.2, 0.25) is 0 Å². The lowest BCUT2D eigenvalue weighted by molar-refractivity contribution is 0.218. The summed E-state index contributed by atoms with van der Waals surface area (Å²) in [6.45, 7) is 0. The minimum Gasteiger partial charge on any atom is -0.508 e. The Morgan fingerprint density at radius 3 is 1.24 bits per heavy atom. The predicted octanol–water partition coefficient (Wildman–Crippen LogP) is 13.1.